The van der Waals surface area contributed by atoms with Gasteiger partial charge in [0.05, 0.1) is 20.8 Å². The Bertz CT molecular complexity index is 970. The topological polar surface area (TPSA) is 59.8 Å². The van der Waals surface area contributed by atoms with E-state index >= 15 is 0 Å². The highest BCUT2D eigenvalue weighted by atomic mass is 35.5. The third-order valence-electron chi connectivity index (χ3n) is 4.16. The van der Waals surface area contributed by atoms with Crippen LogP contribution in [-0.4, -0.2) is 25.9 Å². The standard InChI is InChI=1S/C18H16Cl2N4OS2/c1-10(17(25)21-14-7-4-11(19)9-13(14)20)27-18-23-22-16(15-3-2-8-26-15)24(18)12-5-6-12/h2-4,7-10,12H,5-6H2,1H3,(H,21,25). The minimum atomic E-state index is -0.352. The Morgan fingerprint density at radius 1 is 1.33 bits per heavy atom. The molecule has 5 nitrogen and oxygen atoms in total. The molecule has 1 fully saturated rings. The van der Waals surface area contributed by atoms with Gasteiger partial charge in [-0.15, -0.1) is 21.5 Å². The number of nitrogens with zero attached hydrogens (tertiary/aromatic N) is 3. The minimum Gasteiger partial charge on any atom is -0.324 e. The van der Waals surface area contributed by atoms with E-state index < -0.39 is 0 Å². The fourth-order valence-electron chi connectivity index (χ4n) is 2.63. The van der Waals surface area contributed by atoms with Crippen LogP contribution in [0.15, 0.2) is 40.9 Å². The average molecular weight is 439 g/mol. The van der Waals surface area contributed by atoms with E-state index in [9.17, 15) is 4.79 Å². The molecule has 0 bridgehead atoms. The minimum absolute atomic E-state index is 0.146. The van der Waals surface area contributed by atoms with Crippen molar-refractivity contribution >= 4 is 57.9 Å². The quantitative estimate of drug-likeness (QED) is 0.496. The van der Waals surface area contributed by atoms with E-state index in [4.69, 9.17) is 23.2 Å². The molecule has 1 aromatic carbocycles. The Morgan fingerprint density at radius 2 is 2.15 bits per heavy atom. The molecule has 1 unspecified atom stereocenters. The zero-order valence-corrected chi connectivity index (χ0v) is 17.5. The van der Waals surface area contributed by atoms with Crippen LogP contribution in [0.3, 0.4) is 0 Å². The van der Waals surface area contributed by atoms with Gasteiger partial charge in [0.15, 0.2) is 11.0 Å². The second kappa shape index (κ2) is 7.83. The third kappa shape index (κ3) is 4.16. The number of hydrogen-bond donors (Lipinski definition) is 1. The van der Waals surface area contributed by atoms with Gasteiger partial charge < -0.3 is 5.32 Å². The van der Waals surface area contributed by atoms with Crippen LogP contribution < -0.4 is 5.32 Å². The molecule has 1 atom stereocenters. The Kier molecular flexibility index (Phi) is 5.45. The molecule has 0 aliphatic heterocycles. The Balaban J connectivity index is 1.51. The molecule has 1 aliphatic carbocycles. The van der Waals surface area contributed by atoms with Gasteiger partial charge in [0.2, 0.25) is 5.91 Å². The number of aromatic nitrogens is 3. The number of carbonyl (C=O) groups excluding carboxylic acids is 1. The predicted molar refractivity (Wildman–Crippen MR) is 112 cm³/mol. The Labute approximate surface area is 175 Å². The van der Waals surface area contributed by atoms with Crippen LogP contribution in [0.2, 0.25) is 10.0 Å². The van der Waals surface area contributed by atoms with Gasteiger partial charge in [0.1, 0.15) is 0 Å². The molecule has 27 heavy (non-hydrogen) atoms. The first kappa shape index (κ1) is 18.8. The molecule has 9 heteroatoms. The third-order valence-corrected chi connectivity index (χ3v) is 6.63. The summed E-state index contributed by atoms with van der Waals surface area (Å²) < 4.78 is 2.16. The average Bonchev–Trinajstić information content (AvgIpc) is 3.16. The number of amides is 1. The van der Waals surface area contributed by atoms with Gasteiger partial charge in [-0.1, -0.05) is 41.0 Å². The summed E-state index contributed by atoms with van der Waals surface area (Å²) >= 11 is 15.1. The monoisotopic (exact) mass is 438 g/mol. The number of nitrogens with one attached hydrogen (secondary N) is 1. The number of thioether (sulfide) groups is 1. The molecule has 2 aromatic heterocycles. The molecular weight excluding hydrogens is 423 g/mol. The van der Waals surface area contributed by atoms with Crippen molar-refractivity contribution in [3.8, 4) is 10.7 Å². The van der Waals surface area contributed by atoms with E-state index in [0.29, 0.717) is 21.8 Å². The van der Waals surface area contributed by atoms with Gasteiger partial charge in [-0.05, 0) is 49.4 Å². The van der Waals surface area contributed by atoms with E-state index in [2.05, 4.69) is 20.1 Å². The van der Waals surface area contributed by atoms with Crippen LogP contribution >= 0.6 is 46.3 Å². The number of anilines is 1. The first-order chi connectivity index (χ1) is 13.0. The summed E-state index contributed by atoms with van der Waals surface area (Å²) in [5, 5.41) is 15.0. The molecule has 140 valence electrons. The van der Waals surface area contributed by atoms with E-state index in [-0.39, 0.29) is 11.2 Å². The summed E-state index contributed by atoms with van der Waals surface area (Å²) in [7, 11) is 0. The maximum absolute atomic E-state index is 12.6. The van der Waals surface area contributed by atoms with Crippen LogP contribution in [0.5, 0.6) is 0 Å². The summed E-state index contributed by atoms with van der Waals surface area (Å²) in [6, 6.07) is 9.46. The number of hydrogen-bond acceptors (Lipinski definition) is 5. The molecule has 0 radical (unpaired) electrons. The predicted octanol–water partition coefficient (Wildman–Crippen LogP) is 5.77. The molecule has 4 rings (SSSR count). The number of rotatable bonds is 6. The van der Waals surface area contributed by atoms with Crippen LogP contribution in [0.25, 0.3) is 10.7 Å². The maximum atomic E-state index is 12.6. The van der Waals surface area contributed by atoms with Crippen molar-refractivity contribution in [2.45, 2.75) is 36.2 Å². The summed E-state index contributed by atoms with van der Waals surface area (Å²) in [6.45, 7) is 1.85. The lowest BCUT2D eigenvalue weighted by Gasteiger charge is -2.14. The zero-order chi connectivity index (χ0) is 19.0. The summed E-state index contributed by atoms with van der Waals surface area (Å²) in [5.41, 5.74) is 0.543. The van der Waals surface area contributed by atoms with Crippen LogP contribution in [0.4, 0.5) is 5.69 Å². The fraction of sp³-hybridized carbons (Fsp3) is 0.278. The van der Waals surface area contributed by atoms with Crippen molar-refractivity contribution in [1.29, 1.82) is 0 Å². The van der Waals surface area contributed by atoms with Crippen molar-refractivity contribution < 1.29 is 4.79 Å². The highest BCUT2D eigenvalue weighted by molar-refractivity contribution is 8.00. The van der Waals surface area contributed by atoms with Crippen LogP contribution in [0, 0.1) is 0 Å². The van der Waals surface area contributed by atoms with Gasteiger partial charge in [-0.25, -0.2) is 0 Å². The number of benzene rings is 1. The molecule has 2 heterocycles. The highest BCUT2D eigenvalue weighted by Gasteiger charge is 2.31. The largest absolute Gasteiger partial charge is 0.324 e. The highest BCUT2D eigenvalue weighted by Crippen LogP contribution is 2.42. The van der Waals surface area contributed by atoms with Crippen molar-refractivity contribution in [2.75, 3.05) is 5.32 Å². The van der Waals surface area contributed by atoms with Crippen molar-refractivity contribution in [2.24, 2.45) is 0 Å². The van der Waals surface area contributed by atoms with Crippen molar-refractivity contribution in [3.05, 3.63) is 45.8 Å². The van der Waals surface area contributed by atoms with Gasteiger partial charge >= 0.3 is 0 Å². The second-order valence-electron chi connectivity index (χ2n) is 6.26. The summed E-state index contributed by atoms with van der Waals surface area (Å²) in [6.07, 6.45) is 2.23. The van der Waals surface area contributed by atoms with Crippen LogP contribution in [-0.2, 0) is 4.79 Å². The van der Waals surface area contributed by atoms with E-state index in [1.165, 1.54) is 11.8 Å². The Morgan fingerprint density at radius 3 is 2.81 bits per heavy atom. The molecular formula is C18H16Cl2N4OS2. The van der Waals surface area contributed by atoms with Gasteiger partial charge in [0.25, 0.3) is 0 Å². The number of thiophene rings is 1. The first-order valence-corrected chi connectivity index (χ1v) is 11.0. The lowest BCUT2D eigenvalue weighted by atomic mass is 10.3. The van der Waals surface area contributed by atoms with Crippen molar-refractivity contribution in [1.82, 2.24) is 14.8 Å². The van der Waals surface area contributed by atoms with Crippen molar-refractivity contribution in [3.63, 3.8) is 0 Å². The summed E-state index contributed by atoms with van der Waals surface area (Å²) in [4.78, 5) is 13.7. The first-order valence-electron chi connectivity index (χ1n) is 8.44. The second-order valence-corrected chi connectivity index (χ2v) is 9.36. The normalized spacial score (nSPS) is 14.9. The molecule has 0 spiro atoms. The zero-order valence-electron chi connectivity index (χ0n) is 14.4. The summed E-state index contributed by atoms with van der Waals surface area (Å²) in [5.74, 6) is 0.732. The lowest BCUT2D eigenvalue weighted by molar-refractivity contribution is -0.115. The van der Waals surface area contributed by atoms with Gasteiger partial charge in [-0.3, -0.25) is 9.36 Å². The molecule has 1 N–H and O–H groups in total. The lowest BCUT2D eigenvalue weighted by Crippen LogP contribution is -2.23. The van der Waals surface area contributed by atoms with E-state index in [1.54, 1.807) is 29.5 Å². The number of carbonyl (C=O) groups is 1. The Hall–Kier alpha value is -1.54. The van der Waals surface area contributed by atoms with Crippen LogP contribution in [0.1, 0.15) is 25.8 Å². The maximum Gasteiger partial charge on any atom is 0.237 e. The molecule has 1 saturated carbocycles. The fourth-order valence-corrected chi connectivity index (χ4v) is 4.71. The van der Waals surface area contributed by atoms with E-state index in [0.717, 1.165) is 28.7 Å². The molecule has 1 aliphatic rings. The SMILES string of the molecule is CC(Sc1nnc(-c2cccs2)n1C1CC1)C(=O)Nc1ccc(Cl)cc1Cl. The number of halogens is 2. The van der Waals surface area contributed by atoms with Gasteiger partial charge in [0, 0.05) is 11.1 Å². The molecule has 1 amide bonds. The molecule has 0 saturated heterocycles. The molecule has 3 aromatic rings. The van der Waals surface area contributed by atoms with Gasteiger partial charge in [-0.2, -0.15) is 0 Å². The smallest absolute Gasteiger partial charge is 0.237 e. The van der Waals surface area contributed by atoms with E-state index in [1.807, 2.05) is 24.4 Å².